The number of hydrogen-bond acceptors (Lipinski definition) is 8. The number of aliphatic hydroxyl groups is 1. The van der Waals surface area contributed by atoms with Crippen molar-refractivity contribution in [3.05, 3.63) is 128 Å². The van der Waals surface area contributed by atoms with Crippen LogP contribution in [-0.2, 0) is 30.4 Å². The Hall–Kier alpha value is -5.60. The SMILES string of the molecule is CCCCCc1ccc(-c2cc3ccc(CCC(CCc4ccc5cc(-c6ccc(CCCCC)cc6OC(F)(F)F)c(=O)oc5c4)OCO)cc3oc2=O)c(OC(F)(F)F)c1. The Morgan fingerprint density at radius 3 is 1.32 bits per heavy atom. The molecule has 0 spiro atoms. The molecular weight excluding hydrogens is 819 g/mol. The maximum atomic E-state index is 13.4. The van der Waals surface area contributed by atoms with Crippen LogP contribution in [0.2, 0.25) is 0 Å². The lowest BCUT2D eigenvalue weighted by Gasteiger charge is -2.17. The average Bonchev–Trinajstić information content (AvgIpc) is 3.21. The zero-order valence-electron chi connectivity index (χ0n) is 34.4. The summed E-state index contributed by atoms with van der Waals surface area (Å²) in [5, 5.41) is 10.6. The van der Waals surface area contributed by atoms with Crippen molar-refractivity contribution in [2.45, 2.75) is 110 Å². The molecule has 0 unspecified atom stereocenters. The molecule has 8 nitrogen and oxygen atoms in total. The Morgan fingerprint density at radius 2 is 0.935 bits per heavy atom. The molecule has 6 rings (SSSR count). The molecule has 0 aliphatic rings. The van der Waals surface area contributed by atoms with Gasteiger partial charge in [0.2, 0.25) is 0 Å². The van der Waals surface area contributed by atoms with Crippen molar-refractivity contribution in [3.63, 3.8) is 0 Å². The first-order chi connectivity index (χ1) is 29.6. The fourth-order valence-corrected chi connectivity index (χ4v) is 7.54. The van der Waals surface area contributed by atoms with Gasteiger partial charge in [0.05, 0.1) is 17.2 Å². The van der Waals surface area contributed by atoms with Crippen molar-refractivity contribution < 1.29 is 54.5 Å². The predicted molar refractivity (Wildman–Crippen MR) is 224 cm³/mol. The minimum absolute atomic E-state index is 0.0317. The second-order valence-electron chi connectivity index (χ2n) is 15.3. The van der Waals surface area contributed by atoms with Crippen molar-refractivity contribution in [3.8, 4) is 33.8 Å². The van der Waals surface area contributed by atoms with Crippen LogP contribution in [0.4, 0.5) is 26.3 Å². The topological polar surface area (TPSA) is 108 Å². The minimum atomic E-state index is -4.96. The van der Waals surface area contributed by atoms with Gasteiger partial charge in [0.1, 0.15) is 29.5 Å². The molecule has 0 amide bonds. The molecule has 1 N–H and O–H groups in total. The molecule has 0 aliphatic carbocycles. The lowest BCUT2D eigenvalue weighted by molar-refractivity contribution is -0.275. The molecule has 0 saturated carbocycles. The van der Waals surface area contributed by atoms with Gasteiger partial charge in [-0.3, -0.25) is 0 Å². The molecule has 0 aliphatic heterocycles. The van der Waals surface area contributed by atoms with Crippen molar-refractivity contribution >= 4 is 21.9 Å². The van der Waals surface area contributed by atoms with Crippen LogP contribution in [0.1, 0.15) is 87.5 Å². The van der Waals surface area contributed by atoms with Crippen LogP contribution in [-0.4, -0.2) is 30.7 Å². The van der Waals surface area contributed by atoms with Crippen LogP contribution in [0.3, 0.4) is 0 Å². The van der Waals surface area contributed by atoms with Gasteiger partial charge in [-0.2, -0.15) is 0 Å². The summed E-state index contributed by atoms with van der Waals surface area (Å²) >= 11 is 0. The average molecular weight is 867 g/mol. The van der Waals surface area contributed by atoms with E-state index in [-0.39, 0.29) is 33.4 Å². The molecule has 4 aromatic carbocycles. The van der Waals surface area contributed by atoms with E-state index in [0.717, 1.165) is 49.7 Å². The van der Waals surface area contributed by atoms with Crippen molar-refractivity contribution in [2.24, 2.45) is 0 Å². The summed E-state index contributed by atoms with van der Waals surface area (Å²) in [7, 11) is 0. The lowest BCUT2D eigenvalue weighted by Crippen LogP contribution is -2.18. The van der Waals surface area contributed by atoms with Gasteiger partial charge in [0.15, 0.2) is 0 Å². The first-order valence-corrected chi connectivity index (χ1v) is 20.8. The second kappa shape index (κ2) is 20.5. The summed E-state index contributed by atoms with van der Waals surface area (Å²) in [4.78, 5) is 26.4. The van der Waals surface area contributed by atoms with E-state index < -0.39 is 48.4 Å². The van der Waals surface area contributed by atoms with Gasteiger partial charge in [-0.25, -0.2) is 9.59 Å². The zero-order valence-corrected chi connectivity index (χ0v) is 34.4. The van der Waals surface area contributed by atoms with Crippen molar-refractivity contribution in [1.29, 1.82) is 0 Å². The summed E-state index contributed by atoms with van der Waals surface area (Å²) in [5.41, 5.74) is 1.55. The summed E-state index contributed by atoms with van der Waals surface area (Å²) in [5.74, 6) is -0.947. The van der Waals surface area contributed by atoms with E-state index in [1.165, 1.54) is 36.4 Å². The smallest absolute Gasteiger partial charge is 0.422 e. The third kappa shape index (κ3) is 12.5. The number of aryl methyl sites for hydroxylation is 4. The number of alkyl halides is 6. The van der Waals surface area contributed by atoms with Gasteiger partial charge in [-0.15, -0.1) is 26.3 Å². The molecule has 0 radical (unpaired) electrons. The lowest BCUT2D eigenvalue weighted by atomic mass is 9.98. The van der Waals surface area contributed by atoms with Crippen LogP contribution >= 0.6 is 0 Å². The summed E-state index contributed by atoms with van der Waals surface area (Å²) in [6, 6.07) is 22.3. The Kier molecular flexibility index (Phi) is 15.2. The van der Waals surface area contributed by atoms with Crippen LogP contribution in [0.5, 0.6) is 11.5 Å². The first-order valence-electron chi connectivity index (χ1n) is 20.8. The monoisotopic (exact) mass is 866 g/mol. The Balaban J connectivity index is 1.14. The molecular formula is C48H48F6O8. The van der Waals surface area contributed by atoms with Gasteiger partial charge in [0.25, 0.3) is 0 Å². The molecule has 14 heteroatoms. The maximum Gasteiger partial charge on any atom is 0.573 e. The summed E-state index contributed by atoms with van der Waals surface area (Å²) in [6.07, 6.45) is -1.99. The first kappa shape index (κ1) is 45.9. The molecule has 2 heterocycles. The fourth-order valence-electron chi connectivity index (χ4n) is 7.54. The number of rotatable bonds is 20. The Labute approximate surface area is 354 Å². The minimum Gasteiger partial charge on any atom is -0.422 e. The van der Waals surface area contributed by atoms with Gasteiger partial charge in [-0.05, 0) is 110 Å². The highest BCUT2D eigenvalue weighted by molar-refractivity contribution is 5.85. The molecule has 330 valence electrons. The van der Waals surface area contributed by atoms with Crippen LogP contribution in [0, 0.1) is 0 Å². The van der Waals surface area contributed by atoms with E-state index in [9.17, 15) is 41.0 Å². The van der Waals surface area contributed by atoms with Crippen LogP contribution in [0.15, 0.2) is 103 Å². The zero-order chi connectivity index (χ0) is 44.4. The van der Waals surface area contributed by atoms with E-state index in [4.69, 9.17) is 13.6 Å². The van der Waals surface area contributed by atoms with E-state index >= 15 is 0 Å². The highest BCUT2D eigenvalue weighted by atomic mass is 19.4. The van der Waals surface area contributed by atoms with Gasteiger partial charge < -0.3 is 28.2 Å². The Bertz CT molecular complexity index is 2400. The highest BCUT2D eigenvalue weighted by Gasteiger charge is 2.34. The van der Waals surface area contributed by atoms with Crippen molar-refractivity contribution in [2.75, 3.05) is 6.79 Å². The number of halogens is 6. The van der Waals surface area contributed by atoms with E-state index in [2.05, 4.69) is 9.47 Å². The van der Waals surface area contributed by atoms with Gasteiger partial charge in [0, 0.05) is 21.9 Å². The summed E-state index contributed by atoms with van der Waals surface area (Å²) < 4.78 is 106. The van der Waals surface area contributed by atoms with E-state index in [1.807, 2.05) is 26.0 Å². The van der Waals surface area contributed by atoms with Crippen LogP contribution < -0.4 is 20.7 Å². The second-order valence-corrected chi connectivity index (χ2v) is 15.3. The normalized spacial score (nSPS) is 12.2. The quantitative estimate of drug-likeness (QED) is 0.0350. The third-order valence-corrected chi connectivity index (χ3v) is 10.7. The number of hydrogen-bond donors (Lipinski definition) is 1. The number of aliphatic hydroxyl groups excluding tert-OH is 1. The predicted octanol–water partition coefficient (Wildman–Crippen LogP) is 12.4. The summed E-state index contributed by atoms with van der Waals surface area (Å²) in [6.45, 7) is 3.53. The molecule has 0 bridgehead atoms. The number of fused-ring (bicyclic) bond motifs is 2. The van der Waals surface area contributed by atoms with E-state index in [0.29, 0.717) is 60.4 Å². The van der Waals surface area contributed by atoms with Gasteiger partial charge >= 0.3 is 24.0 Å². The highest BCUT2D eigenvalue weighted by Crippen LogP contribution is 2.37. The molecule has 2 aromatic heterocycles. The number of ether oxygens (including phenoxy) is 3. The van der Waals surface area contributed by atoms with Gasteiger partial charge in [-0.1, -0.05) is 88.1 Å². The molecule has 0 fully saturated rings. The van der Waals surface area contributed by atoms with E-state index in [1.54, 1.807) is 36.4 Å². The number of unbranched alkanes of at least 4 members (excludes halogenated alkanes) is 4. The molecule has 0 atom stereocenters. The maximum absolute atomic E-state index is 13.4. The molecule has 62 heavy (non-hydrogen) atoms. The molecule has 0 saturated heterocycles. The number of benzene rings is 4. The van der Waals surface area contributed by atoms with Crippen molar-refractivity contribution in [1.82, 2.24) is 0 Å². The third-order valence-electron chi connectivity index (χ3n) is 10.7. The van der Waals surface area contributed by atoms with Crippen LogP contribution in [0.25, 0.3) is 44.2 Å². The molecule has 6 aromatic rings. The largest absolute Gasteiger partial charge is 0.573 e. The fraction of sp³-hybridized carbons (Fsp3) is 0.375. The Morgan fingerprint density at radius 1 is 0.532 bits per heavy atom. The standard InChI is InChI=1S/C48H48F6O8/c1-3-5-7-9-30-15-21-37(43(25-30)61-47(49,50)51)39-27-34-17-11-32(23-41(34)59-45(39)56)13-19-36(58-29-55)20-14-33-12-18-35-28-40(46(57)60-42(35)24-33)38-22-16-31(10-8-6-4-2)26-44(38)62-48(52,53)54/h11-12,15-18,21-28,36,55H,3-10,13-14,19-20,29H2,1-2H3.